The van der Waals surface area contributed by atoms with Crippen molar-refractivity contribution in [1.29, 1.82) is 0 Å². The van der Waals surface area contributed by atoms with Crippen molar-refractivity contribution in [3.8, 4) is 0 Å². The molecule has 9 heteroatoms. The third kappa shape index (κ3) is 4.96. The van der Waals surface area contributed by atoms with Gasteiger partial charge in [-0.2, -0.15) is 4.31 Å². The highest BCUT2D eigenvalue weighted by atomic mass is 32.2. The fourth-order valence-corrected chi connectivity index (χ4v) is 4.89. The van der Waals surface area contributed by atoms with Crippen LogP contribution >= 0.6 is 11.8 Å². The van der Waals surface area contributed by atoms with Gasteiger partial charge in [0.05, 0.1) is 4.90 Å². The molecule has 0 bridgehead atoms. The first-order chi connectivity index (χ1) is 11.9. The molecule has 1 heterocycles. The van der Waals surface area contributed by atoms with Gasteiger partial charge in [-0.05, 0) is 18.2 Å². The lowest BCUT2D eigenvalue weighted by atomic mass is 10.3. The molecule has 25 heavy (non-hydrogen) atoms. The van der Waals surface area contributed by atoms with E-state index in [1.807, 2.05) is 0 Å². The molecule has 1 N–H and O–H groups in total. The zero-order valence-electron chi connectivity index (χ0n) is 14.4. The number of amides is 2. The number of nitrogens with one attached hydrogen (secondary N) is 1. The fourth-order valence-electron chi connectivity index (χ4n) is 2.54. The maximum absolute atomic E-state index is 12.5. The SMILES string of the molecule is CCN(CC)S(=O)(=O)c1cccc(NC(=O)CCN2CCSC2=O)c1. The summed E-state index contributed by atoms with van der Waals surface area (Å²) >= 11 is 1.26. The Bertz CT molecular complexity index is 733. The van der Waals surface area contributed by atoms with Gasteiger partial charge in [-0.3, -0.25) is 9.59 Å². The van der Waals surface area contributed by atoms with Crippen LogP contribution in [0, 0.1) is 0 Å². The standard InChI is InChI=1S/C16H23N3O4S2/c1-3-19(4-2)25(22,23)14-7-5-6-13(12-14)17-15(20)8-9-18-10-11-24-16(18)21/h5-7,12H,3-4,8-11H2,1-2H3,(H,17,20). The zero-order chi connectivity index (χ0) is 18.4. The van der Waals surface area contributed by atoms with E-state index in [0.29, 0.717) is 31.9 Å². The molecule has 1 aliphatic heterocycles. The first-order valence-electron chi connectivity index (χ1n) is 8.20. The van der Waals surface area contributed by atoms with E-state index >= 15 is 0 Å². The van der Waals surface area contributed by atoms with E-state index in [9.17, 15) is 18.0 Å². The topological polar surface area (TPSA) is 86.8 Å². The number of thioether (sulfide) groups is 1. The predicted molar refractivity (Wildman–Crippen MR) is 99.2 cm³/mol. The van der Waals surface area contributed by atoms with Gasteiger partial charge in [0.2, 0.25) is 15.9 Å². The van der Waals surface area contributed by atoms with Crippen LogP contribution in [0.5, 0.6) is 0 Å². The zero-order valence-corrected chi connectivity index (χ0v) is 16.0. The fraction of sp³-hybridized carbons (Fsp3) is 0.500. The van der Waals surface area contributed by atoms with Crippen molar-refractivity contribution >= 4 is 38.6 Å². The molecule has 0 atom stereocenters. The maximum Gasteiger partial charge on any atom is 0.281 e. The molecule has 2 rings (SSSR count). The molecule has 0 saturated carbocycles. The van der Waals surface area contributed by atoms with E-state index < -0.39 is 10.0 Å². The van der Waals surface area contributed by atoms with Gasteiger partial charge in [0.1, 0.15) is 0 Å². The molecule has 2 amide bonds. The Morgan fingerprint density at radius 3 is 2.64 bits per heavy atom. The van der Waals surface area contributed by atoms with E-state index in [1.165, 1.54) is 28.2 Å². The molecule has 0 radical (unpaired) electrons. The molecule has 7 nitrogen and oxygen atoms in total. The molecular weight excluding hydrogens is 362 g/mol. The van der Waals surface area contributed by atoms with Crippen LogP contribution in [0.3, 0.4) is 0 Å². The first-order valence-corrected chi connectivity index (χ1v) is 10.6. The summed E-state index contributed by atoms with van der Waals surface area (Å²) in [6.07, 6.45) is 0.180. The van der Waals surface area contributed by atoms with Crippen LogP contribution in [0.2, 0.25) is 0 Å². The Balaban J connectivity index is 2.01. The summed E-state index contributed by atoms with van der Waals surface area (Å²) in [7, 11) is -3.57. The van der Waals surface area contributed by atoms with Crippen molar-refractivity contribution in [3.05, 3.63) is 24.3 Å². The van der Waals surface area contributed by atoms with Crippen molar-refractivity contribution in [3.63, 3.8) is 0 Å². The lowest BCUT2D eigenvalue weighted by Crippen LogP contribution is -2.30. The molecule has 0 aromatic heterocycles. The molecule has 0 unspecified atom stereocenters. The van der Waals surface area contributed by atoms with E-state index in [-0.39, 0.29) is 22.5 Å². The summed E-state index contributed by atoms with van der Waals surface area (Å²) in [6, 6.07) is 6.23. The molecule has 1 aromatic carbocycles. The van der Waals surface area contributed by atoms with E-state index in [4.69, 9.17) is 0 Å². The largest absolute Gasteiger partial charge is 0.332 e. The summed E-state index contributed by atoms with van der Waals surface area (Å²) in [5.74, 6) is 0.508. The van der Waals surface area contributed by atoms with Crippen molar-refractivity contribution < 1.29 is 18.0 Å². The van der Waals surface area contributed by atoms with E-state index in [2.05, 4.69) is 5.32 Å². The second-order valence-electron chi connectivity index (χ2n) is 5.52. The lowest BCUT2D eigenvalue weighted by molar-refractivity contribution is -0.116. The highest BCUT2D eigenvalue weighted by Crippen LogP contribution is 2.20. The Labute approximate surface area is 152 Å². The first kappa shape index (κ1) is 19.7. The number of nitrogens with zero attached hydrogens (tertiary/aromatic N) is 2. The third-order valence-corrected chi connectivity index (χ3v) is 6.85. The molecule has 1 saturated heterocycles. The molecule has 1 aromatic rings. The summed E-state index contributed by atoms with van der Waals surface area (Å²) in [5.41, 5.74) is 0.431. The highest BCUT2D eigenvalue weighted by molar-refractivity contribution is 8.13. The van der Waals surface area contributed by atoms with Crippen LogP contribution in [-0.2, 0) is 14.8 Å². The monoisotopic (exact) mass is 385 g/mol. The Morgan fingerprint density at radius 1 is 1.32 bits per heavy atom. The minimum atomic E-state index is -3.57. The average Bonchev–Trinajstić information content (AvgIpc) is 2.99. The van der Waals surface area contributed by atoms with Gasteiger partial charge < -0.3 is 10.2 Å². The Hall–Kier alpha value is -1.58. The number of hydrogen-bond acceptors (Lipinski definition) is 5. The number of anilines is 1. The van der Waals surface area contributed by atoms with Crippen LogP contribution in [0.15, 0.2) is 29.2 Å². The van der Waals surface area contributed by atoms with Crippen LogP contribution in [0.4, 0.5) is 10.5 Å². The minimum Gasteiger partial charge on any atom is -0.332 e. The van der Waals surface area contributed by atoms with Gasteiger partial charge in [-0.25, -0.2) is 8.42 Å². The van der Waals surface area contributed by atoms with E-state index in [1.54, 1.807) is 30.9 Å². The van der Waals surface area contributed by atoms with Gasteiger partial charge in [-0.15, -0.1) is 0 Å². The van der Waals surface area contributed by atoms with Crippen molar-refractivity contribution in [2.45, 2.75) is 25.2 Å². The second kappa shape index (κ2) is 8.68. The Morgan fingerprint density at radius 2 is 2.04 bits per heavy atom. The Kier molecular flexibility index (Phi) is 6.86. The second-order valence-corrected chi connectivity index (χ2v) is 8.50. The average molecular weight is 386 g/mol. The summed E-state index contributed by atoms with van der Waals surface area (Å²) in [5, 5.41) is 2.70. The molecule has 138 valence electrons. The van der Waals surface area contributed by atoms with Crippen molar-refractivity contribution in [2.24, 2.45) is 0 Å². The van der Waals surface area contributed by atoms with Crippen molar-refractivity contribution in [1.82, 2.24) is 9.21 Å². The lowest BCUT2D eigenvalue weighted by Gasteiger charge is -2.19. The highest BCUT2D eigenvalue weighted by Gasteiger charge is 2.23. The number of rotatable bonds is 8. The number of sulfonamides is 1. The van der Waals surface area contributed by atoms with Crippen LogP contribution < -0.4 is 5.32 Å². The molecule has 1 aliphatic rings. The maximum atomic E-state index is 12.5. The third-order valence-electron chi connectivity index (χ3n) is 3.91. The van der Waals surface area contributed by atoms with Gasteiger partial charge in [-0.1, -0.05) is 31.7 Å². The number of hydrogen-bond donors (Lipinski definition) is 1. The van der Waals surface area contributed by atoms with Crippen LogP contribution in [0.1, 0.15) is 20.3 Å². The summed E-state index contributed by atoms with van der Waals surface area (Å²) < 4.78 is 26.4. The van der Waals surface area contributed by atoms with Crippen molar-refractivity contribution in [2.75, 3.05) is 37.2 Å². The predicted octanol–water partition coefficient (Wildman–Crippen LogP) is 2.21. The summed E-state index contributed by atoms with van der Waals surface area (Å²) in [4.78, 5) is 25.4. The quantitative estimate of drug-likeness (QED) is 0.741. The number of carbonyl (C=O) groups is 2. The molecule has 1 fully saturated rings. The van der Waals surface area contributed by atoms with Crippen LogP contribution in [0.25, 0.3) is 0 Å². The van der Waals surface area contributed by atoms with Gasteiger partial charge >= 0.3 is 0 Å². The molecule has 0 aliphatic carbocycles. The molecular formula is C16H23N3O4S2. The van der Waals surface area contributed by atoms with Gasteiger partial charge in [0.15, 0.2) is 0 Å². The van der Waals surface area contributed by atoms with E-state index in [0.717, 1.165) is 5.75 Å². The summed E-state index contributed by atoms with van der Waals surface area (Å²) in [6.45, 7) is 5.37. The smallest absolute Gasteiger partial charge is 0.281 e. The van der Waals surface area contributed by atoms with Crippen LogP contribution in [-0.4, -0.2) is 60.7 Å². The number of carbonyl (C=O) groups excluding carboxylic acids is 2. The van der Waals surface area contributed by atoms with Gasteiger partial charge in [0, 0.05) is 44.0 Å². The molecule has 0 spiro atoms. The van der Waals surface area contributed by atoms with Gasteiger partial charge in [0.25, 0.3) is 5.24 Å². The normalized spacial score (nSPS) is 15.0. The number of benzene rings is 1. The minimum absolute atomic E-state index is 0.000105.